The molecule has 1 amide bonds. The lowest BCUT2D eigenvalue weighted by atomic mass is 9.98. The third-order valence-corrected chi connectivity index (χ3v) is 7.01. The predicted molar refractivity (Wildman–Crippen MR) is 121 cm³/mol. The molecule has 0 spiro atoms. The summed E-state index contributed by atoms with van der Waals surface area (Å²) in [5.41, 5.74) is 0.743. The number of aryl methyl sites for hydroxylation is 1. The van der Waals surface area contributed by atoms with Gasteiger partial charge >= 0.3 is 6.18 Å². The summed E-state index contributed by atoms with van der Waals surface area (Å²) in [5.74, 6) is 0.116. The molecule has 4 atom stereocenters. The van der Waals surface area contributed by atoms with Crippen molar-refractivity contribution in [3.8, 4) is 11.6 Å². The van der Waals surface area contributed by atoms with Crippen LogP contribution in [-0.2, 0) is 12.6 Å². The van der Waals surface area contributed by atoms with Crippen molar-refractivity contribution in [2.75, 3.05) is 6.67 Å². The highest BCUT2D eigenvalue weighted by atomic mass is 19.4. The van der Waals surface area contributed by atoms with Gasteiger partial charge in [-0.2, -0.15) is 28.2 Å². The summed E-state index contributed by atoms with van der Waals surface area (Å²) < 4.78 is 57.1. The summed E-state index contributed by atoms with van der Waals surface area (Å²) in [6, 6.07) is 8.92. The molecule has 3 heterocycles. The molecular formula is C25H25F4N5O2. The highest BCUT2D eigenvalue weighted by Crippen LogP contribution is 2.45. The van der Waals surface area contributed by atoms with Crippen LogP contribution in [0.3, 0.4) is 0 Å². The molecule has 2 bridgehead atoms. The molecule has 5 rings (SSSR count). The van der Waals surface area contributed by atoms with Gasteiger partial charge in [-0.1, -0.05) is 12.1 Å². The second-order valence-electron chi connectivity index (χ2n) is 9.23. The van der Waals surface area contributed by atoms with E-state index in [0.29, 0.717) is 36.2 Å². The van der Waals surface area contributed by atoms with Crippen LogP contribution in [-0.4, -0.2) is 55.6 Å². The average Bonchev–Trinajstić information content (AvgIpc) is 3.57. The zero-order valence-corrected chi connectivity index (χ0v) is 19.5. The zero-order valence-electron chi connectivity index (χ0n) is 19.5. The fourth-order valence-corrected chi connectivity index (χ4v) is 5.21. The number of hydrogen-bond donors (Lipinski definition) is 0. The summed E-state index contributed by atoms with van der Waals surface area (Å²) in [4.78, 5) is 20.8. The standard InChI is InChI=1S/C25H25F4N5O2/c1-15-16-11-21(22(12-16)36-23-9-8-17(13-30-23)25(27,28)29)33(15)24(35)19-6-2-3-7-20(19)34-31-14-18(32-34)5-4-10-26/h2-3,6-9,13-16,21-22H,4-5,10-12H2,1H3/t15-,16-,21+,22-/m1/s1. The van der Waals surface area contributed by atoms with E-state index in [1.165, 1.54) is 10.9 Å². The summed E-state index contributed by atoms with van der Waals surface area (Å²) in [7, 11) is 0. The number of benzene rings is 1. The highest BCUT2D eigenvalue weighted by molar-refractivity contribution is 5.98. The molecule has 2 aliphatic rings. The minimum absolute atomic E-state index is 0.0262. The first-order chi connectivity index (χ1) is 17.3. The Morgan fingerprint density at radius 2 is 1.94 bits per heavy atom. The van der Waals surface area contributed by atoms with Crippen LogP contribution in [0.4, 0.5) is 17.6 Å². The van der Waals surface area contributed by atoms with Gasteiger partial charge in [-0.25, -0.2) is 4.98 Å². The third-order valence-electron chi connectivity index (χ3n) is 7.01. The van der Waals surface area contributed by atoms with E-state index in [2.05, 4.69) is 15.2 Å². The number of piperidine rings is 1. The van der Waals surface area contributed by atoms with Gasteiger partial charge < -0.3 is 9.64 Å². The van der Waals surface area contributed by atoms with Gasteiger partial charge in [0.05, 0.1) is 41.4 Å². The fraction of sp³-hybridized carbons (Fsp3) is 0.440. The number of amides is 1. The van der Waals surface area contributed by atoms with Gasteiger partial charge in [-0.15, -0.1) is 0 Å². The minimum Gasteiger partial charge on any atom is -0.472 e. The molecule has 0 radical (unpaired) electrons. The van der Waals surface area contributed by atoms with Crippen LogP contribution in [0.15, 0.2) is 48.8 Å². The molecule has 1 aromatic carbocycles. The van der Waals surface area contributed by atoms with E-state index in [0.717, 1.165) is 18.7 Å². The number of pyridine rings is 1. The molecule has 2 aromatic heterocycles. The van der Waals surface area contributed by atoms with Gasteiger partial charge in [-0.05, 0) is 56.7 Å². The number of carbonyl (C=O) groups is 1. The van der Waals surface area contributed by atoms with Crippen molar-refractivity contribution in [1.82, 2.24) is 24.9 Å². The van der Waals surface area contributed by atoms with Crippen molar-refractivity contribution >= 4 is 5.91 Å². The first kappa shape index (κ1) is 24.2. The normalized spacial score (nSPS) is 23.3. The largest absolute Gasteiger partial charge is 0.472 e. The second-order valence-corrected chi connectivity index (χ2v) is 9.23. The van der Waals surface area contributed by atoms with Crippen molar-refractivity contribution in [3.05, 3.63) is 65.6 Å². The zero-order chi connectivity index (χ0) is 25.4. The van der Waals surface area contributed by atoms with Crippen LogP contribution >= 0.6 is 0 Å². The van der Waals surface area contributed by atoms with Crippen molar-refractivity contribution in [2.45, 2.75) is 57.0 Å². The smallest absolute Gasteiger partial charge is 0.417 e. The number of aromatic nitrogens is 4. The van der Waals surface area contributed by atoms with Gasteiger partial charge in [0.15, 0.2) is 0 Å². The Bertz CT molecular complexity index is 1230. The maximum Gasteiger partial charge on any atom is 0.417 e. The quantitative estimate of drug-likeness (QED) is 0.439. The summed E-state index contributed by atoms with van der Waals surface area (Å²) in [6.07, 6.45) is -0.281. The first-order valence-electron chi connectivity index (χ1n) is 11.9. The number of fused-ring (bicyclic) bond motifs is 2. The minimum atomic E-state index is -4.47. The predicted octanol–water partition coefficient (Wildman–Crippen LogP) is 4.65. The van der Waals surface area contributed by atoms with Gasteiger partial charge in [0.2, 0.25) is 5.88 Å². The highest BCUT2D eigenvalue weighted by Gasteiger charge is 2.53. The molecule has 1 saturated heterocycles. The lowest BCUT2D eigenvalue weighted by Gasteiger charge is -2.38. The van der Waals surface area contributed by atoms with E-state index in [1.807, 2.05) is 6.92 Å². The van der Waals surface area contributed by atoms with Gasteiger partial charge in [-0.3, -0.25) is 9.18 Å². The molecular weight excluding hydrogens is 478 g/mol. The van der Waals surface area contributed by atoms with Gasteiger partial charge in [0.1, 0.15) is 6.10 Å². The van der Waals surface area contributed by atoms with E-state index >= 15 is 0 Å². The average molecular weight is 504 g/mol. The molecule has 0 N–H and O–H groups in total. The molecule has 190 valence electrons. The van der Waals surface area contributed by atoms with Crippen LogP contribution in [0, 0.1) is 5.92 Å². The lowest BCUT2D eigenvalue weighted by molar-refractivity contribution is -0.137. The van der Waals surface area contributed by atoms with Crippen molar-refractivity contribution < 1.29 is 27.1 Å². The third kappa shape index (κ3) is 4.54. The summed E-state index contributed by atoms with van der Waals surface area (Å²) in [5, 5.41) is 8.68. The molecule has 36 heavy (non-hydrogen) atoms. The monoisotopic (exact) mass is 503 g/mol. The molecule has 0 unspecified atom stereocenters. The Hall–Kier alpha value is -3.50. The number of para-hydroxylation sites is 1. The molecule has 2 fully saturated rings. The lowest BCUT2D eigenvalue weighted by Crippen LogP contribution is -2.51. The Kier molecular flexibility index (Phi) is 6.40. The van der Waals surface area contributed by atoms with Crippen LogP contribution in [0.1, 0.15) is 47.8 Å². The Morgan fingerprint density at radius 1 is 1.14 bits per heavy atom. The second kappa shape index (κ2) is 9.51. The summed E-state index contributed by atoms with van der Waals surface area (Å²) >= 11 is 0. The van der Waals surface area contributed by atoms with E-state index in [4.69, 9.17) is 4.74 Å². The Morgan fingerprint density at radius 3 is 2.64 bits per heavy atom. The van der Waals surface area contributed by atoms with Crippen molar-refractivity contribution in [3.63, 3.8) is 0 Å². The Labute approximate surface area is 205 Å². The van der Waals surface area contributed by atoms with Crippen molar-refractivity contribution in [1.29, 1.82) is 0 Å². The number of likely N-dealkylation sites (tertiary alicyclic amines) is 1. The molecule has 1 aliphatic heterocycles. The molecule has 1 aliphatic carbocycles. The number of nitrogens with zero attached hydrogens (tertiary/aromatic N) is 5. The van der Waals surface area contributed by atoms with E-state index in [-0.39, 0.29) is 35.9 Å². The molecule has 11 heteroatoms. The number of carbonyl (C=O) groups excluding carboxylic acids is 1. The van der Waals surface area contributed by atoms with E-state index in [1.54, 1.807) is 35.4 Å². The fourth-order valence-electron chi connectivity index (χ4n) is 5.21. The summed E-state index contributed by atoms with van der Waals surface area (Å²) in [6.45, 7) is 1.56. The number of hydrogen-bond acceptors (Lipinski definition) is 5. The SMILES string of the molecule is C[C@@H]1[C@H]2C[C@@H](Oc3ccc(C(F)(F)F)cn3)[C@H](C2)N1C(=O)c1ccccc1-n1ncc(CCCF)n1. The maximum absolute atomic E-state index is 13.8. The first-order valence-corrected chi connectivity index (χ1v) is 11.9. The van der Waals surface area contributed by atoms with Crippen LogP contribution in [0.2, 0.25) is 0 Å². The molecule has 1 saturated carbocycles. The number of rotatable bonds is 7. The van der Waals surface area contributed by atoms with Crippen LogP contribution in [0.25, 0.3) is 5.69 Å². The Balaban J connectivity index is 1.36. The number of halogens is 4. The van der Waals surface area contributed by atoms with E-state index < -0.39 is 18.4 Å². The molecule has 3 aromatic rings. The number of ether oxygens (including phenoxy) is 1. The maximum atomic E-state index is 13.8. The van der Waals surface area contributed by atoms with Gasteiger partial charge in [0, 0.05) is 18.3 Å². The van der Waals surface area contributed by atoms with Crippen molar-refractivity contribution in [2.24, 2.45) is 5.92 Å². The van der Waals surface area contributed by atoms with E-state index in [9.17, 15) is 22.4 Å². The number of alkyl halides is 4. The van der Waals surface area contributed by atoms with Gasteiger partial charge in [0.25, 0.3) is 5.91 Å². The van der Waals surface area contributed by atoms with Crippen LogP contribution in [0.5, 0.6) is 5.88 Å². The molecule has 7 nitrogen and oxygen atoms in total. The topological polar surface area (TPSA) is 73.1 Å². The van der Waals surface area contributed by atoms with Crippen LogP contribution < -0.4 is 4.74 Å².